The molecule has 1 heterocycles. The Balaban J connectivity index is 2.65. The molecular weight excluding hydrogens is 633 g/mol. The lowest BCUT2D eigenvalue weighted by atomic mass is 9.47. The van der Waals surface area contributed by atoms with E-state index in [9.17, 15) is 9.59 Å². The molecule has 6 nitrogen and oxygen atoms in total. The van der Waals surface area contributed by atoms with Crippen molar-refractivity contribution in [3.05, 3.63) is 35.9 Å². The summed E-state index contributed by atoms with van der Waals surface area (Å²) in [5.41, 5.74) is -2.72. The molecule has 1 aromatic rings. The molecule has 282 valence electrons. The highest BCUT2D eigenvalue weighted by molar-refractivity contribution is 7.97. The van der Waals surface area contributed by atoms with Crippen molar-refractivity contribution in [2.75, 3.05) is 20.3 Å². The molecule has 0 saturated carbocycles. The zero-order chi connectivity index (χ0) is 37.7. The summed E-state index contributed by atoms with van der Waals surface area (Å²) in [5, 5.41) is 0. The number of ether oxygens (including phenoxy) is 3. The van der Waals surface area contributed by atoms with Crippen LogP contribution in [0.25, 0.3) is 0 Å². The summed E-state index contributed by atoms with van der Waals surface area (Å²) < 4.78 is 23.8. The summed E-state index contributed by atoms with van der Waals surface area (Å²) in [7, 11) is 1.61. The van der Waals surface area contributed by atoms with Gasteiger partial charge in [-0.15, -0.1) is 0 Å². The minimum atomic E-state index is -0.989. The van der Waals surface area contributed by atoms with Crippen molar-refractivity contribution in [3.63, 3.8) is 0 Å². The summed E-state index contributed by atoms with van der Waals surface area (Å²) in [6.07, 6.45) is 4.75. The van der Waals surface area contributed by atoms with Crippen molar-refractivity contribution in [1.29, 1.82) is 0 Å². The van der Waals surface area contributed by atoms with Crippen LogP contribution in [0.2, 0.25) is 0 Å². The number of methoxy groups -OCH3 is 1. The number of hydrogen-bond donors (Lipinski definition) is 0. The minimum Gasteiger partial charge on any atom is -0.463 e. The van der Waals surface area contributed by atoms with Gasteiger partial charge in [0.1, 0.15) is 6.61 Å². The molecule has 0 aliphatic carbocycles. The van der Waals surface area contributed by atoms with Gasteiger partial charge in [0.25, 0.3) is 0 Å². The second-order valence-corrected chi connectivity index (χ2v) is 19.5. The first-order chi connectivity index (χ1) is 22.4. The van der Waals surface area contributed by atoms with Gasteiger partial charge < -0.3 is 18.4 Å². The molecule has 0 bridgehead atoms. The first kappa shape index (κ1) is 43.6. The fourth-order valence-electron chi connectivity index (χ4n) is 7.74. The van der Waals surface area contributed by atoms with Crippen molar-refractivity contribution in [2.24, 2.45) is 33.0 Å². The van der Waals surface area contributed by atoms with E-state index in [-0.39, 0.29) is 35.3 Å². The molecule has 6 atom stereocenters. The molecule has 0 radical (unpaired) electrons. The van der Waals surface area contributed by atoms with E-state index < -0.39 is 32.7 Å². The third kappa shape index (κ3) is 9.09. The standard InChI is InChI=1S/C42H72O6S/c1-17-18-22-31(4)47-35(44)39(12,36(5,6)7)28-37(8,9)38(10,11)40(13,34(43)46-26-25-45-16)29-41(14)42(15,49-48-41)33(27-30(2)3)32-23-20-19-21-24-32/h19-21,23-24,30-31,33H,17-18,22,25-29H2,1-16H3. The van der Waals surface area contributed by atoms with Gasteiger partial charge in [0, 0.05) is 25.1 Å². The minimum absolute atomic E-state index is 0.152. The summed E-state index contributed by atoms with van der Waals surface area (Å²) in [5.74, 6) is 0.262. The van der Waals surface area contributed by atoms with Gasteiger partial charge in [-0.2, -0.15) is 0 Å². The van der Waals surface area contributed by atoms with Crippen LogP contribution in [0, 0.1) is 33.0 Å². The van der Waals surface area contributed by atoms with E-state index >= 15 is 0 Å². The van der Waals surface area contributed by atoms with Gasteiger partial charge in [0.15, 0.2) is 0 Å². The van der Waals surface area contributed by atoms with Crippen molar-refractivity contribution in [2.45, 2.75) is 165 Å². The lowest BCUT2D eigenvalue weighted by Gasteiger charge is -2.62. The van der Waals surface area contributed by atoms with Crippen molar-refractivity contribution in [1.82, 2.24) is 0 Å². The largest absolute Gasteiger partial charge is 0.463 e. The monoisotopic (exact) mass is 705 g/mol. The van der Waals surface area contributed by atoms with Crippen LogP contribution in [-0.2, 0) is 28.0 Å². The Hall–Kier alpha value is -1.57. The Labute approximate surface area is 305 Å². The third-order valence-corrected chi connectivity index (χ3v) is 14.4. The number of carbonyl (C=O) groups excluding carboxylic acids is 2. The van der Waals surface area contributed by atoms with Gasteiger partial charge in [-0.25, -0.2) is 0 Å². The molecule has 1 saturated heterocycles. The maximum Gasteiger partial charge on any atom is 0.312 e. The molecule has 0 N–H and O–H groups in total. The van der Waals surface area contributed by atoms with Gasteiger partial charge in [0.2, 0.25) is 0 Å². The topological polar surface area (TPSA) is 71.1 Å². The van der Waals surface area contributed by atoms with Crippen LogP contribution < -0.4 is 0 Å². The molecule has 0 aromatic heterocycles. The molecule has 0 amide bonds. The fraction of sp³-hybridized carbons (Fsp3) is 0.810. The second-order valence-electron chi connectivity index (χ2n) is 18.4. The van der Waals surface area contributed by atoms with E-state index in [0.717, 1.165) is 25.7 Å². The first-order valence-electron chi connectivity index (χ1n) is 18.7. The number of carbonyl (C=O) groups is 2. The molecule has 7 heteroatoms. The summed E-state index contributed by atoms with van der Waals surface area (Å²) in [6, 6.07) is 10.7. The molecule has 49 heavy (non-hydrogen) atoms. The molecule has 1 fully saturated rings. The van der Waals surface area contributed by atoms with E-state index in [1.807, 2.05) is 13.8 Å². The Kier molecular flexibility index (Phi) is 14.6. The number of rotatable bonds is 19. The lowest BCUT2D eigenvalue weighted by Crippen LogP contribution is -2.65. The van der Waals surface area contributed by atoms with Gasteiger partial charge in [-0.1, -0.05) is 112 Å². The van der Waals surface area contributed by atoms with E-state index in [1.54, 1.807) is 19.2 Å². The Morgan fingerprint density at radius 1 is 0.878 bits per heavy atom. The molecule has 0 spiro atoms. The predicted octanol–water partition coefficient (Wildman–Crippen LogP) is 11.2. The third-order valence-electron chi connectivity index (χ3n) is 12.9. The molecule has 1 aromatic carbocycles. The van der Waals surface area contributed by atoms with E-state index in [0.29, 0.717) is 25.4 Å². The Morgan fingerprint density at radius 3 is 1.94 bits per heavy atom. The van der Waals surface area contributed by atoms with Crippen molar-refractivity contribution in [3.8, 4) is 0 Å². The maximum absolute atomic E-state index is 14.6. The lowest BCUT2D eigenvalue weighted by molar-refractivity contribution is -0.188. The number of unbranched alkanes of at least 4 members (excludes halogenated alkanes) is 1. The van der Waals surface area contributed by atoms with Crippen molar-refractivity contribution >= 4 is 24.0 Å². The first-order valence-corrected chi connectivity index (χ1v) is 19.4. The van der Waals surface area contributed by atoms with Crippen LogP contribution in [0.4, 0.5) is 0 Å². The predicted molar refractivity (Wildman–Crippen MR) is 205 cm³/mol. The average molecular weight is 705 g/mol. The van der Waals surface area contributed by atoms with Gasteiger partial charge >= 0.3 is 11.9 Å². The smallest absolute Gasteiger partial charge is 0.312 e. The van der Waals surface area contributed by atoms with Crippen LogP contribution in [0.15, 0.2) is 30.3 Å². The fourth-order valence-corrected chi connectivity index (χ4v) is 8.85. The number of benzene rings is 1. The van der Waals surface area contributed by atoms with Crippen LogP contribution in [-0.4, -0.2) is 48.7 Å². The van der Waals surface area contributed by atoms with Crippen molar-refractivity contribution < 1.29 is 28.0 Å². The maximum atomic E-state index is 14.6. The second kappa shape index (κ2) is 16.4. The highest BCUT2D eigenvalue weighted by Crippen LogP contribution is 2.67. The number of esters is 2. The van der Waals surface area contributed by atoms with E-state index in [1.165, 1.54) is 5.56 Å². The van der Waals surface area contributed by atoms with E-state index in [4.69, 9.17) is 18.4 Å². The average Bonchev–Trinajstić information content (AvgIpc) is 3.00. The van der Waals surface area contributed by atoms with Crippen LogP contribution >= 0.6 is 12.0 Å². The normalized spacial score (nSPS) is 23.9. The van der Waals surface area contributed by atoms with Crippen LogP contribution in [0.3, 0.4) is 0 Å². The zero-order valence-corrected chi connectivity index (χ0v) is 34.9. The molecule has 6 unspecified atom stereocenters. The molecular formula is C42H72O6S. The quantitative estimate of drug-likeness (QED) is 0.0806. The van der Waals surface area contributed by atoms with Crippen LogP contribution in [0.5, 0.6) is 0 Å². The molecule has 1 aliphatic rings. The summed E-state index contributed by atoms with van der Waals surface area (Å²) in [6.45, 7) is 32.9. The Morgan fingerprint density at radius 2 is 1.47 bits per heavy atom. The summed E-state index contributed by atoms with van der Waals surface area (Å²) >= 11 is 1.55. The molecule has 2 rings (SSSR count). The highest BCUT2D eigenvalue weighted by atomic mass is 32.2. The van der Waals surface area contributed by atoms with E-state index in [2.05, 4.69) is 120 Å². The van der Waals surface area contributed by atoms with Gasteiger partial charge in [-0.3, -0.25) is 9.59 Å². The SMILES string of the molecule is CCCCC(C)OC(=O)C(C)(CC(C)(C)C(C)(C)C(C)(CC1(C)OSC1(C)C(CC(C)C)c1ccccc1)C(=O)OCCOC)C(C)(C)C. The van der Waals surface area contributed by atoms with Gasteiger partial charge in [0.05, 0.1) is 33.9 Å². The molecule has 1 aliphatic heterocycles. The highest BCUT2D eigenvalue weighted by Gasteiger charge is 2.67. The Bertz CT molecular complexity index is 1220. The van der Waals surface area contributed by atoms with Crippen LogP contribution in [0.1, 0.15) is 154 Å². The summed E-state index contributed by atoms with van der Waals surface area (Å²) in [4.78, 5) is 28.8. The zero-order valence-electron chi connectivity index (χ0n) is 34.1. The number of hydrogen-bond acceptors (Lipinski definition) is 7. The van der Waals surface area contributed by atoms with Gasteiger partial charge in [-0.05, 0) is 88.0 Å².